The molecule has 2 atom stereocenters. The van der Waals surface area contributed by atoms with Crippen LogP contribution in [0.15, 0.2) is 36.0 Å². The van der Waals surface area contributed by atoms with E-state index in [2.05, 4.69) is 49.2 Å². The third-order valence-corrected chi connectivity index (χ3v) is 5.20. The van der Waals surface area contributed by atoms with Gasteiger partial charge in [-0.2, -0.15) is 0 Å². The van der Waals surface area contributed by atoms with Crippen LogP contribution in [0.3, 0.4) is 0 Å². The van der Waals surface area contributed by atoms with Crippen molar-refractivity contribution in [1.82, 2.24) is 20.4 Å². The van der Waals surface area contributed by atoms with Crippen LogP contribution < -0.4 is 5.43 Å². The number of ether oxygens (including phenoxy) is 1. The van der Waals surface area contributed by atoms with Gasteiger partial charge in [0, 0.05) is 29.4 Å². The third-order valence-electron chi connectivity index (χ3n) is 4.93. The van der Waals surface area contributed by atoms with Crippen molar-refractivity contribution in [2.24, 2.45) is 5.92 Å². The highest BCUT2D eigenvalue weighted by atomic mass is 79.9. The number of aromatic nitrogens is 2. The van der Waals surface area contributed by atoms with E-state index in [1.165, 1.54) is 7.11 Å². The van der Waals surface area contributed by atoms with E-state index in [4.69, 9.17) is 4.79 Å². The van der Waals surface area contributed by atoms with Crippen LogP contribution in [0.25, 0.3) is 5.57 Å². The lowest BCUT2D eigenvalue weighted by molar-refractivity contribution is -0.142. The lowest BCUT2D eigenvalue weighted by Crippen LogP contribution is -2.49. The number of hydrogen-bond donors (Lipinski definition) is 2. The summed E-state index contributed by atoms with van der Waals surface area (Å²) in [5.74, 6) is 1.09. The van der Waals surface area contributed by atoms with Gasteiger partial charge in [0.2, 0.25) is 5.91 Å². The summed E-state index contributed by atoms with van der Waals surface area (Å²) in [4.78, 5) is 30.0. The Kier molecular flexibility index (Phi) is 11.4. The molecule has 1 heterocycles. The fourth-order valence-corrected chi connectivity index (χ4v) is 3.66. The normalized spacial score (nSPS) is 18.5. The molecular formula is C22H33BrN4O3. The molecule has 0 saturated heterocycles. The number of amides is 1. The zero-order chi connectivity index (χ0) is 22.7. The number of carbonyl (C=O) groups excluding carboxylic acids is 2. The second-order valence-electron chi connectivity index (χ2n) is 7.34. The van der Waals surface area contributed by atoms with Crippen LogP contribution in [-0.4, -0.2) is 47.6 Å². The Morgan fingerprint density at radius 2 is 2.00 bits per heavy atom. The van der Waals surface area contributed by atoms with E-state index in [0.29, 0.717) is 6.47 Å². The molecular weight excluding hydrogens is 448 g/mol. The molecule has 1 aliphatic rings. The molecule has 30 heavy (non-hydrogen) atoms. The van der Waals surface area contributed by atoms with E-state index >= 15 is 0 Å². The maximum absolute atomic E-state index is 13.1. The van der Waals surface area contributed by atoms with E-state index in [-0.39, 0.29) is 23.8 Å². The first kappa shape index (κ1) is 25.8. The minimum atomic E-state index is -0.0521. The van der Waals surface area contributed by atoms with Crippen molar-refractivity contribution in [2.45, 2.75) is 51.5 Å². The summed E-state index contributed by atoms with van der Waals surface area (Å²) in [5, 5.41) is 1.73. The fraction of sp³-hybridized carbons (Fsp3) is 0.500. The van der Waals surface area contributed by atoms with Crippen LogP contribution in [0, 0.1) is 5.92 Å². The van der Waals surface area contributed by atoms with Crippen molar-refractivity contribution >= 4 is 33.9 Å². The van der Waals surface area contributed by atoms with Gasteiger partial charge in [-0.15, -0.1) is 0 Å². The number of allylic oxidation sites excluding steroid dienone is 4. The van der Waals surface area contributed by atoms with E-state index in [9.17, 15) is 4.79 Å². The van der Waals surface area contributed by atoms with Crippen molar-refractivity contribution in [3.05, 3.63) is 47.5 Å². The van der Waals surface area contributed by atoms with Gasteiger partial charge in [0.1, 0.15) is 5.82 Å². The van der Waals surface area contributed by atoms with Crippen molar-refractivity contribution in [3.8, 4) is 0 Å². The Labute approximate surface area is 187 Å². The van der Waals surface area contributed by atoms with Gasteiger partial charge in [-0.3, -0.25) is 14.6 Å². The number of halogens is 1. The number of nitrogens with zero attached hydrogens (tertiary/aromatic N) is 2. The van der Waals surface area contributed by atoms with Gasteiger partial charge >= 0.3 is 0 Å². The third kappa shape index (κ3) is 7.57. The minimum Gasteiger partial charge on any atom is -0.471 e. The van der Waals surface area contributed by atoms with Crippen LogP contribution in [0.2, 0.25) is 0 Å². The number of rotatable bonds is 8. The first-order valence-corrected chi connectivity index (χ1v) is 10.8. The van der Waals surface area contributed by atoms with Crippen molar-refractivity contribution < 1.29 is 14.3 Å². The number of methoxy groups -OCH3 is 1. The van der Waals surface area contributed by atoms with Gasteiger partial charge in [0.15, 0.2) is 0 Å². The Morgan fingerprint density at radius 3 is 2.53 bits per heavy atom. The molecule has 0 radical (unpaired) electrons. The molecule has 2 N–H and O–H groups in total. The summed E-state index contributed by atoms with van der Waals surface area (Å²) in [6, 6.07) is 0.115. The largest absolute Gasteiger partial charge is 0.471 e. The summed E-state index contributed by atoms with van der Waals surface area (Å²) in [5.41, 5.74) is 4.75. The van der Waals surface area contributed by atoms with E-state index in [1.54, 1.807) is 18.3 Å². The summed E-state index contributed by atoms with van der Waals surface area (Å²) < 4.78 is 4.65. The van der Waals surface area contributed by atoms with Gasteiger partial charge in [-0.05, 0) is 38.3 Å². The molecule has 0 aromatic carbocycles. The van der Waals surface area contributed by atoms with Crippen LogP contribution >= 0.6 is 15.9 Å². The SMILES string of the molecule is C=C(Br)/C=C\C(=C)c1cnc(C2CCCCC2C(=O)N(NC)C(C)C)[nH]1.COC=O. The molecule has 2 rings (SSSR count). The average Bonchev–Trinajstić information content (AvgIpc) is 3.22. The Morgan fingerprint density at radius 1 is 1.37 bits per heavy atom. The maximum Gasteiger partial charge on any atom is 0.292 e. The summed E-state index contributed by atoms with van der Waals surface area (Å²) in [6.45, 7) is 12.3. The monoisotopic (exact) mass is 480 g/mol. The van der Waals surface area contributed by atoms with Crippen molar-refractivity contribution in [3.63, 3.8) is 0 Å². The smallest absolute Gasteiger partial charge is 0.292 e. The summed E-state index contributed by atoms with van der Waals surface area (Å²) in [7, 11) is 3.11. The number of imidazole rings is 1. The van der Waals surface area contributed by atoms with Gasteiger partial charge in [0.25, 0.3) is 6.47 Å². The summed E-state index contributed by atoms with van der Waals surface area (Å²) >= 11 is 3.30. The molecule has 0 bridgehead atoms. The van der Waals surface area contributed by atoms with Crippen LogP contribution in [0.1, 0.15) is 57.0 Å². The average molecular weight is 481 g/mol. The highest BCUT2D eigenvalue weighted by Gasteiger charge is 2.36. The molecule has 166 valence electrons. The molecule has 1 aromatic rings. The Hall–Kier alpha value is -2.19. The number of hydrogen-bond acceptors (Lipinski definition) is 5. The fourth-order valence-electron chi connectivity index (χ4n) is 3.52. The number of nitrogens with one attached hydrogen (secondary N) is 2. The number of hydrazine groups is 1. The Balaban J connectivity index is 0.00000103. The standard InChI is InChI=1S/C20H29BrN4O.C2H4O2/c1-13(2)25(22-5)20(26)17-9-7-6-8-16(17)19-23-12-18(24-19)14(3)10-11-15(4)21;1-4-2-3/h10-13,16-17,22H,3-4,6-9H2,1-2,5H3,(H,23,24);2H,1H3/b11-10-;. The summed E-state index contributed by atoms with van der Waals surface area (Å²) in [6.07, 6.45) is 9.61. The highest BCUT2D eigenvalue weighted by Crippen LogP contribution is 2.38. The second-order valence-corrected chi connectivity index (χ2v) is 8.36. The van der Waals surface area contributed by atoms with Gasteiger partial charge in [0.05, 0.1) is 19.0 Å². The molecule has 2 unspecified atom stereocenters. The van der Waals surface area contributed by atoms with Gasteiger partial charge in [-0.1, -0.05) is 48.0 Å². The molecule has 7 nitrogen and oxygen atoms in total. The highest BCUT2D eigenvalue weighted by molar-refractivity contribution is 9.11. The van der Waals surface area contributed by atoms with Crippen molar-refractivity contribution in [1.29, 1.82) is 0 Å². The first-order valence-electron chi connectivity index (χ1n) is 10.00. The second kappa shape index (κ2) is 13.2. The minimum absolute atomic E-state index is 0.0521. The van der Waals surface area contributed by atoms with Crippen LogP contribution in [0.5, 0.6) is 0 Å². The topological polar surface area (TPSA) is 87.3 Å². The van der Waals surface area contributed by atoms with E-state index in [0.717, 1.165) is 47.3 Å². The molecule has 8 heteroatoms. The first-order chi connectivity index (χ1) is 14.3. The number of carbonyl (C=O) groups is 2. The maximum atomic E-state index is 13.1. The zero-order valence-electron chi connectivity index (χ0n) is 18.3. The zero-order valence-corrected chi connectivity index (χ0v) is 19.9. The van der Waals surface area contributed by atoms with E-state index < -0.39 is 0 Å². The van der Waals surface area contributed by atoms with Gasteiger partial charge < -0.3 is 9.72 Å². The molecule has 1 aliphatic carbocycles. The van der Waals surface area contributed by atoms with Crippen LogP contribution in [0.4, 0.5) is 0 Å². The molecule has 0 spiro atoms. The van der Waals surface area contributed by atoms with Crippen LogP contribution in [-0.2, 0) is 14.3 Å². The van der Waals surface area contributed by atoms with Crippen molar-refractivity contribution in [2.75, 3.05) is 14.2 Å². The predicted octanol–water partition coefficient (Wildman–Crippen LogP) is 4.32. The van der Waals surface area contributed by atoms with Gasteiger partial charge in [-0.25, -0.2) is 10.4 Å². The lowest BCUT2D eigenvalue weighted by atomic mass is 9.78. The van der Waals surface area contributed by atoms with E-state index in [1.807, 2.05) is 26.0 Å². The molecule has 1 amide bonds. The quantitative estimate of drug-likeness (QED) is 0.328. The number of aromatic amines is 1. The molecule has 1 aromatic heterocycles. The molecule has 0 aliphatic heterocycles. The Bertz CT molecular complexity index is 757. The number of H-pyrrole nitrogens is 1. The molecule has 1 fully saturated rings. The predicted molar refractivity (Wildman–Crippen MR) is 124 cm³/mol. The molecule has 1 saturated carbocycles. The lowest BCUT2D eigenvalue weighted by Gasteiger charge is -2.35.